The van der Waals surface area contributed by atoms with Crippen LogP contribution in [0, 0.1) is 0 Å². The van der Waals surface area contributed by atoms with Gasteiger partial charge >= 0.3 is 0 Å². The Hall–Kier alpha value is -1.78. The van der Waals surface area contributed by atoms with E-state index in [9.17, 15) is 18.4 Å². The predicted octanol–water partition coefficient (Wildman–Crippen LogP) is 2.72. The third kappa shape index (κ3) is 4.30. The second kappa shape index (κ2) is 5.03. The van der Waals surface area contributed by atoms with Crippen molar-refractivity contribution in [3.8, 4) is 0 Å². The third-order valence-corrected chi connectivity index (χ3v) is 2.06. The van der Waals surface area contributed by atoms with Gasteiger partial charge in [0.2, 0.25) is 5.91 Å². The first-order valence-corrected chi connectivity index (χ1v) is 5.06. The van der Waals surface area contributed by atoms with Crippen LogP contribution in [0.4, 0.5) is 14.5 Å². The Morgan fingerprint density at radius 2 is 2.00 bits per heavy atom. The zero-order valence-electron chi connectivity index (χ0n) is 9.59. The molecule has 0 aliphatic carbocycles. The van der Waals surface area contributed by atoms with Gasteiger partial charge in [-0.15, -0.1) is 0 Å². The molecule has 92 valence electrons. The molecule has 1 rings (SSSR count). The maximum absolute atomic E-state index is 13.0. The first-order valence-electron chi connectivity index (χ1n) is 5.06. The molecule has 0 aromatic heterocycles. The normalized spacial score (nSPS) is 11.1. The molecule has 17 heavy (non-hydrogen) atoms. The maximum Gasteiger partial charge on any atom is 0.270 e. The summed E-state index contributed by atoms with van der Waals surface area (Å²) < 4.78 is 26.0. The Kier molecular flexibility index (Phi) is 3.93. The molecule has 0 unspecified atom stereocenters. The maximum atomic E-state index is 13.0. The van der Waals surface area contributed by atoms with Crippen LogP contribution in [-0.2, 0) is 15.5 Å². The summed E-state index contributed by atoms with van der Waals surface area (Å²) in [5.41, 5.74) is 0.0772. The molecular weight excluding hydrogens is 228 g/mol. The van der Waals surface area contributed by atoms with E-state index < -0.39 is 11.8 Å². The van der Waals surface area contributed by atoms with Gasteiger partial charge in [0.15, 0.2) is 0 Å². The van der Waals surface area contributed by atoms with Gasteiger partial charge < -0.3 is 5.32 Å². The molecule has 0 saturated carbocycles. The van der Waals surface area contributed by atoms with Gasteiger partial charge in [0, 0.05) is 18.2 Å². The van der Waals surface area contributed by atoms with Gasteiger partial charge in [-0.1, -0.05) is 12.1 Å². The number of ketones is 1. The number of amides is 1. The lowest BCUT2D eigenvalue weighted by Crippen LogP contribution is -2.15. The summed E-state index contributed by atoms with van der Waals surface area (Å²) in [7, 11) is 0. The molecule has 0 fully saturated rings. The van der Waals surface area contributed by atoms with Crippen LogP contribution in [0.5, 0.6) is 0 Å². The van der Waals surface area contributed by atoms with Crippen LogP contribution >= 0.6 is 0 Å². The number of rotatable bonds is 4. The summed E-state index contributed by atoms with van der Waals surface area (Å²) in [6.45, 7) is 2.07. The Balaban J connectivity index is 2.79. The molecular formula is C12H13F2NO2. The summed E-state index contributed by atoms with van der Waals surface area (Å²) >= 11 is 0. The van der Waals surface area contributed by atoms with Crippen molar-refractivity contribution in [2.45, 2.75) is 26.2 Å². The predicted molar refractivity (Wildman–Crippen MR) is 59.9 cm³/mol. The first-order chi connectivity index (χ1) is 7.79. The Labute approximate surface area is 97.8 Å². The summed E-state index contributed by atoms with van der Waals surface area (Å²) in [4.78, 5) is 22.0. The van der Waals surface area contributed by atoms with E-state index in [0.29, 0.717) is 0 Å². The smallest absolute Gasteiger partial charge is 0.270 e. The molecule has 0 radical (unpaired) electrons. The quantitative estimate of drug-likeness (QED) is 0.824. The minimum Gasteiger partial charge on any atom is -0.326 e. The number of anilines is 1. The van der Waals surface area contributed by atoms with E-state index in [2.05, 4.69) is 5.32 Å². The second-order valence-electron chi connectivity index (χ2n) is 3.90. The lowest BCUT2D eigenvalue weighted by Gasteiger charge is -2.12. The minimum atomic E-state index is -2.96. The minimum absolute atomic E-state index is 0.182. The lowest BCUT2D eigenvalue weighted by molar-refractivity contribution is -0.124. The average Bonchev–Trinajstić information content (AvgIpc) is 2.15. The highest BCUT2D eigenvalue weighted by Crippen LogP contribution is 2.28. The Bertz CT molecular complexity index is 438. The molecule has 0 heterocycles. The molecule has 1 aromatic carbocycles. The van der Waals surface area contributed by atoms with Crippen molar-refractivity contribution in [2.24, 2.45) is 0 Å². The van der Waals surface area contributed by atoms with Crippen molar-refractivity contribution in [3.63, 3.8) is 0 Å². The highest BCUT2D eigenvalue weighted by molar-refractivity contribution is 6.03. The largest absolute Gasteiger partial charge is 0.326 e. The van der Waals surface area contributed by atoms with Gasteiger partial charge in [0.1, 0.15) is 5.78 Å². The van der Waals surface area contributed by atoms with E-state index in [1.54, 1.807) is 0 Å². The number of benzene rings is 1. The summed E-state index contributed by atoms with van der Waals surface area (Å²) in [6, 6.07) is 5.39. The van der Waals surface area contributed by atoms with Crippen molar-refractivity contribution in [1.82, 2.24) is 0 Å². The molecule has 0 bridgehead atoms. The van der Waals surface area contributed by atoms with E-state index in [4.69, 9.17) is 0 Å². The van der Waals surface area contributed by atoms with E-state index >= 15 is 0 Å². The Morgan fingerprint density at radius 1 is 1.35 bits per heavy atom. The van der Waals surface area contributed by atoms with E-state index in [1.807, 2.05) is 0 Å². The molecule has 0 spiro atoms. The van der Waals surface area contributed by atoms with E-state index in [-0.39, 0.29) is 23.5 Å². The van der Waals surface area contributed by atoms with Gasteiger partial charge in [0.05, 0.1) is 6.42 Å². The second-order valence-corrected chi connectivity index (χ2v) is 3.90. The van der Waals surface area contributed by atoms with Gasteiger partial charge in [0.25, 0.3) is 5.92 Å². The van der Waals surface area contributed by atoms with Crippen molar-refractivity contribution < 1.29 is 18.4 Å². The van der Waals surface area contributed by atoms with Crippen LogP contribution in [0.3, 0.4) is 0 Å². The van der Waals surface area contributed by atoms with Crippen LogP contribution in [0.1, 0.15) is 25.8 Å². The molecule has 3 nitrogen and oxygen atoms in total. The molecule has 0 saturated heterocycles. The standard InChI is InChI=1S/C12H13F2NO2/c1-8(16)6-11(17)15-10-5-3-4-9(7-10)12(2,13)14/h3-5,7H,6H2,1-2H3,(H,15,17). The van der Waals surface area contributed by atoms with Crippen LogP contribution in [-0.4, -0.2) is 11.7 Å². The number of carbonyl (C=O) groups is 2. The van der Waals surface area contributed by atoms with Gasteiger partial charge in [-0.25, -0.2) is 8.78 Å². The zero-order chi connectivity index (χ0) is 13.1. The number of hydrogen-bond acceptors (Lipinski definition) is 2. The van der Waals surface area contributed by atoms with Crippen LogP contribution in [0.15, 0.2) is 24.3 Å². The molecule has 1 N–H and O–H groups in total. The average molecular weight is 241 g/mol. The first kappa shape index (κ1) is 13.3. The monoisotopic (exact) mass is 241 g/mol. The van der Waals surface area contributed by atoms with Gasteiger partial charge in [-0.3, -0.25) is 9.59 Å². The fraction of sp³-hybridized carbons (Fsp3) is 0.333. The fourth-order valence-corrected chi connectivity index (χ4v) is 1.30. The lowest BCUT2D eigenvalue weighted by atomic mass is 10.1. The number of nitrogens with one attached hydrogen (secondary N) is 1. The number of Topliss-reactive ketones (excluding diaryl/α,β-unsaturated/α-hetero) is 1. The number of carbonyl (C=O) groups excluding carboxylic acids is 2. The Morgan fingerprint density at radius 3 is 2.53 bits per heavy atom. The molecule has 1 amide bonds. The summed E-state index contributed by atoms with van der Waals surface area (Å²) in [5.74, 6) is -3.74. The third-order valence-electron chi connectivity index (χ3n) is 2.06. The zero-order valence-corrected chi connectivity index (χ0v) is 9.59. The summed E-state index contributed by atoms with van der Waals surface area (Å²) in [6.07, 6.45) is -0.257. The van der Waals surface area contributed by atoms with Crippen LogP contribution in [0.25, 0.3) is 0 Å². The molecule has 5 heteroatoms. The number of alkyl halides is 2. The molecule has 1 aromatic rings. The van der Waals surface area contributed by atoms with Crippen molar-refractivity contribution in [1.29, 1.82) is 0 Å². The van der Waals surface area contributed by atoms with Crippen molar-refractivity contribution >= 4 is 17.4 Å². The molecule has 0 aliphatic rings. The fourth-order valence-electron chi connectivity index (χ4n) is 1.30. The van der Waals surface area contributed by atoms with Crippen molar-refractivity contribution in [3.05, 3.63) is 29.8 Å². The van der Waals surface area contributed by atoms with Gasteiger partial charge in [-0.2, -0.15) is 0 Å². The van der Waals surface area contributed by atoms with Gasteiger partial charge in [-0.05, 0) is 19.1 Å². The summed E-state index contributed by atoms with van der Waals surface area (Å²) in [5, 5.41) is 2.39. The van der Waals surface area contributed by atoms with Crippen LogP contribution in [0.2, 0.25) is 0 Å². The highest BCUT2D eigenvalue weighted by atomic mass is 19.3. The number of halogens is 2. The van der Waals surface area contributed by atoms with Crippen LogP contribution < -0.4 is 5.32 Å². The SMILES string of the molecule is CC(=O)CC(=O)Nc1cccc(C(C)(F)F)c1. The highest BCUT2D eigenvalue weighted by Gasteiger charge is 2.24. The molecule has 0 atom stereocenters. The number of hydrogen-bond donors (Lipinski definition) is 1. The molecule has 0 aliphatic heterocycles. The topological polar surface area (TPSA) is 46.2 Å². The van der Waals surface area contributed by atoms with E-state index in [0.717, 1.165) is 6.92 Å². The van der Waals surface area contributed by atoms with E-state index in [1.165, 1.54) is 31.2 Å². The van der Waals surface area contributed by atoms with Crippen molar-refractivity contribution in [2.75, 3.05) is 5.32 Å².